The zero-order valence-electron chi connectivity index (χ0n) is 9.49. The number of aliphatic carboxylic acids is 1. The Hall–Kier alpha value is -2.04. The Balaban J connectivity index is 2.12. The first-order chi connectivity index (χ1) is 8.08. The third-order valence-corrected chi connectivity index (χ3v) is 2.80. The molecular formula is C12H14N2O3. The third kappa shape index (κ3) is 2.38. The molecule has 1 heterocycles. The maximum atomic E-state index is 11.8. The maximum absolute atomic E-state index is 11.8. The van der Waals surface area contributed by atoms with E-state index in [4.69, 9.17) is 5.11 Å². The van der Waals surface area contributed by atoms with Crippen LogP contribution in [0, 0.1) is 0 Å². The Morgan fingerprint density at radius 2 is 2.24 bits per heavy atom. The van der Waals surface area contributed by atoms with Gasteiger partial charge in [-0.25, -0.2) is 0 Å². The predicted molar refractivity (Wildman–Crippen MR) is 63.2 cm³/mol. The van der Waals surface area contributed by atoms with Gasteiger partial charge in [-0.1, -0.05) is 0 Å². The fraction of sp³-hybridized carbons (Fsp3) is 0.333. The van der Waals surface area contributed by atoms with Crippen LogP contribution in [0.2, 0.25) is 0 Å². The summed E-state index contributed by atoms with van der Waals surface area (Å²) in [4.78, 5) is 22.4. The number of rotatable bonds is 3. The van der Waals surface area contributed by atoms with E-state index in [9.17, 15) is 9.59 Å². The van der Waals surface area contributed by atoms with Gasteiger partial charge in [0.05, 0.1) is 0 Å². The molecule has 0 radical (unpaired) electrons. The zero-order chi connectivity index (χ0) is 12.4. The lowest BCUT2D eigenvalue weighted by Crippen LogP contribution is -2.38. The highest BCUT2D eigenvalue weighted by atomic mass is 16.4. The second kappa shape index (κ2) is 4.45. The van der Waals surface area contributed by atoms with Crippen LogP contribution in [-0.2, 0) is 11.2 Å². The van der Waals surface area contributed by atoms with Gasteiger partial charge in [-0.2, -0.15) is 0 Å². The monoisotopic (exact) mass is 234 g/mol. The molecule has 2 rings (SSSR count). The molecule has 1 aromatic rings. The molecule has 0 fully saturated rings. The van der Waals surface area contributed by atoms with Crippen LogP contribution in [0.25, 0.3) is 0 Å². The van der Waals surface area contributed by atoms with Crippen LogP contribution in [0.3, 0.4) is 0 Å². The molecule has 17 heavy (non-hydrogen) atoms. The number of fused-ring (bicyclic) bond motifs is 1. The van der Waals surface area contributed by atoms with Gasteiger partial charge in [0.15, 0.2) is 0 Å². The normalized spacial score (nSPS) is 14.6. The average molecular weight is 234 g/mol. The Labute approximate surface area is 98.8 Å². The van der Waals surface area contributed by atoms with Gasteiger partial charge in [-0.05, 0) is 37.1 Å². The lowest BCUT2D eigenvalue weighted by atomic mass is 10.1. The number of benzene rings is 1. The molecule has 1 atom stereocenters. The summed E-state index contributed by atoms with van der Waals surface area (Å²) < 4.78 is 0. The smallest absolute Gasteiger partial charge is 0.325 e. The van der Waals surface area contributed by atoms with Crippen molar-refractivity contribution in [1.29, 1.82) is 0 Å². The summed E-state index contributed by atoms with van der Waals surface area (Å²) >= 11 is 0. The quantitative estimate of drug-likeness (QED) is 0.724. The molecule has 0 aliphatic carbocycles. The first kappa shape index (κ1) is 11.4. The molecule has 1 unspecified atom stereocenters. The van der Waals surface area contributed by atoms with Crippen LogP contribution in [0.4, 0.5) is 5.69 Å². The number of amides is 1. The summed E-state index contributed by atoms with van der Waals surface area (Å²) in [5, 5.41) is 14.3. The zero-order valence-corrected chi connectivity index (χ0v) is 9.49. The summed E-state index contributed by atoms with van der Waals surface area (Å²) in [6.07, 6.45) is 0.894. The number of carbonyl (C=O) groups excluding carboxylic acids is 1. The van der Waals surface area contributed by atoms with Crippen molar-refractivity contribution in [2.75, 3.05) is 11.9 Å². The van der Waals surface area contributed by atoms with Crippen LogP contribution in [-0.4, -0.2) is 29.6 Å². The van der Waals surface area contributed by atoms with Crippen LogP contribution in [0.15, 0.2) is 18.2 Å². The molecule has 0 spiro atoms. The van der Waals surface area contributed by atoms with Crippen molar-refractivity contribution < 1.29 is 14.7 Å². The molecule has 3 N–H and O–H groups in total. The van der Waals surface area contributed by atoms with Gasteiger partial charge < -0.3 is 15.7 Å². The summed E-state index contributed by atoms with van der Waals surface area (Å²) in [5.74, 6) is -1.39. The van der Waals surface area contributed by atoms with Crippen molar-refractivity contribution in [3.8, 4) is 0 Å². The van der Waals surface area contributed by atoms with Crippen molar-refractivity contribution in [3.63, 3.8) is 0 Å². The maximum Gasteiger partial charge on any atom is 0.325 e. The fourth-order valence-corrected chi connectivity index (χ4v) is 1.79. The summed E-state index contributed by atoms with van der Waals surface area (Å²) in [7, 11) is 0. The highest BCUT2D eigenvalue weighted by molar-refractivity contribution is 5.97. The highest BCUT2D eigenvalue weighted by Gasteiger charge is 2.17. The Kier molecular flexibility index (Phi) is 2.99. The Morgan fingerprint density at radius 1 is 1.47 bits per heavy atom. The van der Waals surface area contributed by atoms with Crippen molar-refractivity contribution in [2.24, 2.45) is 0 Å². The Bertz CT molecular complexity index is 471. The first-order valence-corrected chi connectivity index (χ1v) is 5.48. The van der Waals surface area contributed by atoms with Crippen molar-refractivity contribution in [1.82, 2.24) is 5.32 Å². The van der Waals surface area contributed by atoms with Gasteiger partial charge >= 0.3 is 5.97 Å². The van der Waals surface area contributed by atoms with Gasteiger partial charge in [0, 0.05) is 17.8 Å². The van der Waals surface area contributed by atoms with Crippen molar-refractivity contribution in [2.45, 2.75) is 19.4 Å². The highest BCUT2D eigenvalue weighted by Crippen LogP contribution is 2.22. The topological polar surface area (TPSA) is 78.4 Å². The minimum absolute atomic E-state index is 0.352. The van der Waals surface area contributed by atoms with Gasteiger partial charge in [-0.15, -0.1) is 0 Å². The van der Waals surface area contributed by atoms with E-state index in [1.165, 1.54) is 6.92 Å². The molecular weight excluding hydrogens is 220 g/mol. The molecule has 0 aromatic heterocycles. The van der Waals surface area contributed by atoms with Gasteiger partial charge in [0.1, 0.15) is 6.04 Å². The van der Waals surface area contributed by atoms with Gasteiger partial charge in [0.25, 0.3) is 5.91 Å². The standard InChI is InChI=1S/C12H14N2O3/c1-7(12(16)17)14-11(15)9-2-3-10-8(6-9)4-5-13-10/h2-3,6-7,13H,4-5H2,1H3,(H,14,15)(H,16,17). The number of carbonyl (C=O) groups is 2. The molecule has 0 saturated heterocycles. The molecule has 90 valence electrons. The number of anilines is 1. The average Bonchev–Trinajstić information content (AvgIpc) is 2.75. The number of hydrogen-bond acceptors (Lipinski definition) is 3. The number of carboxylic acid groups (broad SMARTS) is 1. The fourth-order valence-electron chi connectivity index (χ4n) is 1.79. The van der Waals surface area contributed by atoms with Crippen LogP contribution in [0.1, 0.15) is 22.8 Å². The van der Waals surface area contributed by atoms with Gasteiger partial charge in [0.2, 0.25) is 0 Å². The minimum atomic E-state index is -1.04. The second-order valence-electron chi connectivity index (χ2n) is 4.08. The molecule has 1 aromatic carbocycles. The third-order valence-electron chi connectivity index (χ3n) is 2.80. The van der Waals surface area contributed by atoms with Crippen LogP contribution >= 0.6 is 0 Å². The summed E-state index contributed by atoms with van der Waals surface area (Å²) in [6, 6.07) is 4.47. The van der Waals surface area contributed by atoms with E-state index in [0.29, 0.717) is 5.56 Å². The van der Waals surface area contributed by atoms with E-state index in [1.807, 2.05) is 6.07 Å². The first-order valence-electron chi connectivity index (χ1n) is 5.48. The SMILES string of the molecule is CC(NC(=O)c1ccc2c(c1)CCN2)C(=O)O. The minimum Gasteiger partial charge on any atom is -0.480 e. The van der Waals surface area contributed by atoms with E-state index >= 15 is 0 Å². The molecule has 1 amide bonds. The lowest BCUT2D eigenvalue weighted by molar-refractivity contribution is -0.138. The molecule has 1 aliphatic heterocycles. The van der Waals surface area contributed by atoms with E-state index in [0.717, 1.165) is 24.2 Å². The second-order valence-corrected chi connectivity index (χ2v) is 4.08. The molecule has 5 nitrogen and oxygen atoms in total. The summed E-state index contributed by atoms with van der Waals surface area (Å²) in [5.41, 5.74) is 2.65. The van der Waals surface area contributed by atoms with E-state index in [1.54, 1.807) is 12.1 Å². The van der Waals surface area contributed by atoms with Crippen molar-refractivity contribution in [3.05, 3.63) is 29.3 Å². The molecule has 5 heteroatoms. The van der Waals surface area contributed by atoms with E-state index in [-0.39, 0.29) is 5.91 Å². The van der Waals surface area contributed by atoms with E-state index in [2.05, 4.69) is 10.6 Å². The van der Waals surface area contributed by atoms with Crippen molar-refractivity contribution >= 4 is 17.6 Å². The lowest BCUT2D eigenvalue weighted by Gasteiger charge is -2.10. The summed E-state index contributed by atoms with van der Waals surface area (Å²) in [6.45, 7) is 2.32. The largest absolute Gasteiger partial charge is 0.480 e. The molecule has 0 saturated carbocycles. The van der Waals surface area contributed by atoms with Crippen LogP contribution in [0.5, 0.6) is 0 Å². The predicted octanol–water partition coefficient (Wildman–Crippen LogP) is 0.858. The number of carboxylic acids is 1. The van der Waals surface area contributed by atoms with Gasteiger partial charge in [-0.3, -0.25) is 9.59 Å². The number of hydrogen-bond donors (Lipinski definition) is 3. The molecule has 1 aliphatic rings. The number of nitrogens with one attached hydrogen (secondary N) is 2. The molecule has 0 bridgehead atoms. The van der Waals surface area contributed by atoms with E-state index < -0.39 is 12.0 Å². The Morgan fingerprint density at radius 3 is 2.94 bits per heavy atom. The van der Waals surface area contributed by atoms with Crippen LogP contribution < -0.4 is 10.6 Å².